The molecule has 7 nitrogen and oxygen atoms in total. The van der Waals surface area contributed by atoms with E-state index in [9.17, 15) is 0 Å². The van der Waals surface area contributed by atoms with Crippen LogP contribution in [0.25, 0.3) is 61.6 Å². The van der Waals surface area contributed by atoms with Crippen LogP contribution in [-0.4, -0.2) is 37.8 Å². The van der Waals surface area contributed by atoms with E-state index in [1.165, 1.54) is 11.5 Å². The van der Waals surface area contributed by atoms with E-state index in [1.807, 2.05) is 89.5 Å². The van der Waals surface area contributed by atoms with Crippen molar-refractivity contribution in [2.24, 2.45) is 0 Å². The maximum Gasteiger partial charge on any atom is 0.210 e. The van der Waals surface area contributed by atoms with Gasteiger partial charge < -0.3 is 14.0 Å². The van der Waals surface area contributed by atoms with Crippen LogP contribution in [0.4, 0.5) is 0 Å². The molecule has 0 unspecified atom stereocenters. The Bertz CT molecular complexity index is 2170. The normalized spacial score (nSPS) is 11.3. The maximum absolute atomic E-state index is 6.44. The summed E-state index contributed by atoms with van der Waals surface area (Å²) in [5, 5.41) is 11.6. The minimum atomic E-state index is -1.46. The van der Waals surface area contributed by atoms with E-state index in [4.69, 9.17) is 9.40 Å². The first-order valence-corrected chi connectivity index (χ1v) is 17.8. The molecule has 4 heterocycles. The van der Waals surface area contributed by atoms with Gasteiger partial charge in [0.1, 0.15) is 11.9 Å². The van der Waals surface area contributed by atoms with E-state index in [0.717, 1.165) is 44.4 Å². The number of fused-ring (bicyclic) bond motifs is 4. The van der Waals surface area contributed by atoms with Gasteiger partial charge in [0.2, 0.25) is 5.65 Å². The summed E-state index contributed by atoms with van der Waals surface area (Å²) in [5.74, 6) is 0.675. The molecular weight excluding hydrogens is 753 g/mol. The van der Waals surface area contributed by atoms with E-state index >= 15 is 0 Å². The van der Waals surface area contributed by atoms with Crippen LogP contribution in [0.2, 0.25) is 19.6 Å². The molecule has 4 aromatic carbocycles. The maximum atomic E-state index is 6.44. The van der Waals surface area contributed by atoms with E-state index in [1.54, 1.807) is 6.20 Å². The Kier molecular flexibility index (Phi) is 8.49. The molecule has 4 aromatic heterocycles. The topological polar surface area (TPSA) is 82.5 Å². The van der Waals surface area contributed by atoms with Crippen molar-refractivity contribution >= 4 is 46.5 Å². The van der Waals surface area contributed by atoms with E-state index < -0.39 is 8.07 Å². The van der Waals surface area contributed by atoms with Gasteiger partial charge in [0.25, 0.3) is 0 Å². The van der Waals surface area contributed by atoms with Crippen LogP contribution in [0.15, 0.2) is 120 Å². The van der Waals surface area contributed by atoms with Crippen LogP contribution in [-0.2, 0) is 20.1 Å². The summed E-state index contributed by atoms with van der Waals surface area (Å²) in [6, 6.07) is 40.8. The molecule has 8 rings (SSSR count). The fraction of sp³-hybridized carbons (Fsp3) is 0.0833. The molecule has 45 heavy (non-hydrogen) atoms. The molecule has 0 bridgehead atoms. The number of para-hydroxylation sites is 1. The van der Waals surface area contributed by atoms with Gasteiger partial charge in [-0.3, -0.25) is 4.98 Å². The first kappa shape index (κ1) is 30.2. The Balaban J connectivity index is 0.000000231. The number of pyridine rings is 1. The third kappa shape index (κ3) is 5.98. The summed E-state index contributed by atoms with van der Waals surface area (Å²) in [6.45, 7) is 7.02. The van der Waals surface area contributed by atoms with Gasteiger partial charge in [-0.05, 0) is 30.0 Å². The fourth-order valence-electron chi connectivity index (χ4n) is 5.18. The molecular formula is C36H28IrN6OSi-2. The minimum absolute atomic E-state index is 0. The summed E-state index contributed by atoms with van der Waals surface area (Å²) in [5.41, 5.74) is 6.50. The summed E-state index contributed by atoms with van der Waals surface area (Å²) in [4.78, 5) is 13.4. The van der Waals surface area contributed by atoms with E-state index in [2.05, 4.69) is 70.1 Å². The van der Waals surface area contributed by atoms with Crippen molar-refractivity contribution < 1.29 is 24.5 Å². The van der Waals surface area contributed by atoms with E-state index in [-0.39, 0.29) is 20.1 Å². The summed E-state index contributed by atoms with van der Waals surface area (Å²) < 4.78 is 8.42. The quantitative estimate of drug-likeness (QED) is 0.135. The molecule has 223 valence electrons. The average Bonchev–Trinajstić information content (AvgIpc) is 3.64. The van der Waals surface area contributed by atoms with Crippen molar-refractivity contribution in [3.63, 3.8) is 0 Å². The van der Waals surface area contributed by atoms with Crippen molar-refractivity contribution in [1.29, 1.82) is 0 Å². The van der Waals surface area contributed by atoms with Crippen molar-refractivity contribution in [3.05, 3.63) is 128 Å². The third-order valence-electron chi connectivity index (χ3n) is 7.41. The molecule has 0 fully saturated rings. The van der Waals surface area contributed by atoms with Gasteiger partial charge in [0, 0.05) is 37.4 Å². The Morgan fingerprint density at radius 1 is 0.778 bits per heavy atom. The number of nitrogens with zero attached hydrogens (tertiary/aromatic N) is 6. The second-order valence-electron chi connectivity index (χ2n) is 11.4. The van der Waals surface area contributed by atoms with Gasteiger partial charge in [-0.15, -0.1) is 64.3 Å². The molecule has 0 atom stereocenters. The predicted molar refractivity (Wildman–Crippen MR) is 177 cm³/mol. The Morgan fingerprint density at radius 3 is 2.36 bits per heavy atom. The molecule has 0 aliphatic rings. The average molecular weight is 781 g/mol. The van der Waals surface area contributed by atoms with Crippen LogP contribution < -0.4 is 5.19 Å². The largest absolute Gasteiger partial charge is 0.501 e. The SMILES string of the molecule is C[Si](C)(C)c1ccc2c(c1)oc1c(-c3nc4nncnc4n3-c3ccccc3)[c-]ccc12.[Ir].[c-]1ccccc1-c1ccccn1. The fourth-order valence-corrected chi connectivity index (χ4v) is 6.33. The van der Waals surface area contributed by atoms with Gasteiger partial charge in [0.15, 0.2) is 5.65 Å². The first-order valence-electron chi connectivity index (χ1n) is 14.3. The molecule has 0 N–H and O–H groups in total. The summed E-state index contributed by atoms with van der Waals surface area (Å²) >= 11 is 0. The monoisotopic (exact) mass is 781 g/mol. The van der Waals surface area contributed by atoms with E-state index in [0.29, 0.717) is 17.1 Å². The van der Waals surface area contributed by atoms with Gasteiger partial charge in [-0.1, -0.05) is 78.2 Å². The number of hydrogen-bond acceptors (Lipinski definition) is 6. The molecule has 0 spiro atoms. The number of imidazole rings is 1. The van der Waals surface area contributed by atoms with Gasteiger partial charge in [-0.25, -0.2) is 4.98 Å². The standard InChI is InChI=1S/C25H20N5OSi.C11H8N.Ir/c1-32(2,3)17-12-13-18-19-10-7-11-20(22(19)31-21(18)14-17)24-28-23-25(26-15-27-29-23)30(24)16-8-5-4-6-9-16;1-2-6-10(7-3-1)11-8-4-5-9-12-11;/h4-10,12-15H,1-3H3;1-6,8-9H;/q2*-1;. The van der Waals surface area contributed by atoms with Crippen molar-refractivity contribution in [3.8, 4) is 28.3 Å². The van der Waals surface area contributed by atoms with Gasteiger partial charge in [-0.2, -0.15) is 0 Å². The number of furan rings is 1. The smallest absolute Gasteiger partial charge is 0.210 e. The number of rotatable bonds is 4. The van der Waals surface area contributed by atoms with Crippen molar-refractivity contribution in [2.75, 3.05) is 0 Å². The molecule has 0 saturated carbocycles. The second-order valence-corrected chi connectivity index (χ2v) is 16.4. The molecule has 1 radical (unpaired) electrons. The molecule has 0 aliphatic heterocycles. The second kappa shape index (κ2) is 12.7. The third-order valence-corrected chi connectivity index (χ3v) is 9.45. The van der Waals surface area contributed by atoms with Crippen LogP contribution in [0.3, 0.4) is 0 Å². The van der Waals surface area contributed by atoms with Crippen LogP contribution in [0.5, 0.6) is 0 Å². The Morgan fingerprint density at radius 2 is 1.60 bits per heavy atom. The van der Waals surface area contributed by atoms with Crippen LogP contribution >= 0.6 is 0 Å². The zero-order chi connectivity index (χ0) is 30.1. The molecule has 8 aromatic rings. The zero-order valence-corrected chi connectivity index (χ0v) is 28.3. The minimum Gasteiger partial charge on any atom is -0.501 e. The van der Waals surface area contributed by atoms with Gasteiger partial charge >= 0.3 is 0 Å². The molecule has 9 heteroatoms. The zero-order valence-electron chi connectivity index (χ0n) is 24.9. The van der Waals surface area contributed by atoms with Crippen LogP contribution in [0.1, 0.15) is 0 Å². The van der Waals surface area contributed by atoms with Crippen LogP contribution in [0, 0.1) is 12.1 Å². The number of aromatic nitrogens is 6. The first-order chi connectivity index (χ1) is 21.5. The van der Waals surface area contributed by atoms with Gasteiger partial charge in [0.05, 0.1) is 19.5 Å². The summed E-state index contributed by atoms with van der Waals surface area (Å²) in [7, 11) is -1.46. The summed E-state index contributed by atoms with van der Waals surface area (Å²) in [6.07, 6.45) is 3.23. The van der Waals surface area contributed by atoms with Crippen molar-refractivity contribution in [2.45, 2.75) is 19.6 Å². The Hall–Kier alpha value is -4.82. The van der Waals surface area contributed by atoms with Crippen molar-refractivity contribution in [1.82, 2.24) is 29.7 Å². The number of benzene rings is 4. The molecule has 0 aliphatic carbocycles. The molecule has 0 saturated heterocycles. The predicted octanol–water partition coefficient (Wildman–Crippen LogP) is 7.67. The molecule has 0 amide bonds. The Labute approximate surface area is 275 Å². The number of hydrogen-bond donors (Lipinski definition) is 0.